The second-order valence-corrected chi connectivity index (χ2v) is 18.6. The van der Waals surface area contributed by atoms with Crippen LogP contribution in [0.1, 0.15) is 53.0 Å². The van der Waals surface area contributed by atoms with Gasteiger partial charge in [-0.2, -0.15) is 10.4 Å². The molecule has 0 bridgehead atoms. The number of carbonyl (C=O) groups excluding carboxylic acids is 1. The van der Waals surface area contributed by atoms with Gasteiger partial charge < -0.3 is 24.4 Å². The molecule has 1 amide bonds. The molecule has 0 radical (unpaired) electrons. The Kier molecular flexibility index (Phi) is 8.63. The first-order chi connectivity index (χ1) is 21.0. The van der Waals surface area contributed by atoms with Crippen molar-refractivity contribution in [2.75, 3.05) is 55.4 Å². The summed E-state index contributed by atoms with van der Waals surface area (Å²) in [7, 11) is -3.09. The average molecular weight is 640 g/mol. The maximum absolute atomic E-state index is 14.3. The maximum Gasteiger partial charge on any atom is 0.410 e. The van der Waals surface area contributed by atoms with Crippen LogP contribution in [-0.2, 0) is 14.0 Å². The molecule has 5 rings (SSSR count). The summed E-state index contributed by atoms with van der Waals surface area (Å²) in [6.07, 6.45) is 8.03. The number of nitriles is 1. The summed E-state index contributed by atoms with van der Waals surface area (Å²) < 4.78 is 30.8. The van der Waals surface area contributed by atoms with Gasteiger partial charge in [0.05, 0.1) is 29.1 Å². The maximum atomic E-state index is 14.3. The molecule has 0 aromatic carbocycles. The lowest BCUT2D eigenvalue weighted by molar-refractivity contribution is 0.0203. The minimum absolute atomic E-state index is 0.0824. The number of hydrogen-bond donors (Lipinski definition) is 2. The number of carbonyl (C=O) groups is 1. The van der Waals surface area contributed by atoms with Gasteiger partial charge in [-0.3, -0.25) is 8.93 Å². The van der Waals surface area contributed by atoms with E-state index in [0.29, 0.717) is 54.5 Å². The Balaban J connectivity index is 1.24. The molecule has 2 fully saturated rings. The van der Waals surface area contributed by atoms with Crippen LogP contribution in [0.5, 0.6) is 5.75 Å². The third-order valence-electron chi connectivity index (χ3n) is 8.12. The molecule has 12 nitrogen and oxygen atoms in total. The summed E-state index contributed by atoms with van der Waals surface area (Å²) in [6, 6.07) is 8.02. The number of piperidine rings is 1. The van der Waals surface area contributed by atoms with Crippen LogP contribution in [0.2, 0.25) is 0 Å². The molecule has 2 aliphatic rings. The van der Waals surface area contributed by atoms with Gasteiger partial charge in [-0.25, -0.2) is 14.3 Å². The van der Waals surface area contributed by atoms with Crippen LogP contribution in [-0.4, -0.2) is 103 Å². The van der Waals surface area contributed by atoms with Gasteiger partial charge in [-0.15, -0.1) is 0 Å². The summed E-state index contributed by atoms with van der Waals surface area (Å²) in [6.45, 7) is 11.4. The SMILES string of the molecule is CC(C)(O)COc1cc(-c2ccc(N3CCS(C)(=O)(NC4CCN(C(=O)OC(C)(C)C)CC4)CC3)nc2)c2c(C#N)cnn2c1. The molecule has 3 aromatic rings. The summed E-state index contributed by atoms with van der Waals surface area (Å²) in [5, 5.41) is 24.1. The van der Waals surface area contributed by atoms with E-state index in [1.54, 1.807) is 35.7 Å². The fraction of sp³-hybridized carbons (Fsp3) is 0.562. The zero-order chi connectivity index (χ0) is 32.6. The first-order valence-electron chi connectivity index (χ1n) is 15.4. The molecule has 5 heterocycles. The Labute approximate surface area is 264 Å². The number of likely N-dealkylation sites (tertiary alicyclic amines) is 1. The van der Waals surface area contributed by atoms with Crippen molar-refractivity contribution in [2.24, 2.45) is 0 Å². The molecule has 2 aliphatic heterocycles. The number of hydrogen-bond acceptors (Lipinski definition) is 9. The van der Waals surface area contributed by atoms with Crippen LogP contribution in [0.25, 0.3) is 16.6 Å². The van der Waals surface area contributed by atoms with Crippen molar-refractivity contribution in [1.82, 2.24) is 24.2 Å². The number of ether oxygens (including phenoxy) is 2. The van der Waals surface area contributed by atoms with E-state index in [9.17, 15) is 19.4 Å². The van der Waals surface area contributed by atoms with E-state index in [2.05, 4.69) is 20.8 Å². The lowest BCUT2D eigenvalue weighted by Crippen LogP contribution is -2.64. The van der Waals surface area contributed by atoms with Crippen LogP contribution in [0.3, 0.4) is 0 Å². The highest BCUT2D eigenvalue weighted by atomic mass is 32.3. The number of pyridine rings is 2. The van der Waals surface area contributed by atoms with Crippen molar-refractivity contribution in [1.29, 1.82) is 5.26 Å². The normalized spacial score (nSPS) is 19.8. The van der Waals surface area contributed by atoms with Gasteiger partial charge in [0, 0.05) is 67.3 Å². The van der Waals surface area contributed by atoms with Gasteiger partial charge >= 0.3 is 6.09 Å². The van der Waals surface area contributed by atoms with Crippen molar-refractivity contribution >= 4 is 26.7 Å². The van der Waals surface area contributed by atoms with Crippen LogP contribution >= 0.6 is 0 Å². The predicted octanol–water partition coefficient (Wildman–Crippen LogP) is 3.59. The Bertz CT molecular complexity index is 1650. The number of nitrogens with one attached hydrogen (secondary N) is 1. The topological polar surface area (TPSA) is 145 Å². The molecule has 0 atom stereocenters. The van der Waals surface area contributed by atoms with E-state index in [1.807, 2.05) is 45.2 Å². The van der Waals surface area contributed by atoms with E-state index in [4.69, 9.17) is 14.5 Å². The van der Waals surface area contributed by atoms with Gasteiger partial charge in [0.25, 0.3) is 0 Å². The lowest BCUT2D eigenvalue weighted by Gasteiger charge is -2.49. The third kappa shape index (κ3) is 7.92. The summed E-state index contributed by atoms with van der Waals surface area (Å²) in [5.41, 5.74) is 1.09. The molecular weight excluding hydrogens is 594 g/mol. The van der Waals surface area contributed by atoms with E-state index in [1.165, 1.54) is 6.20 Å². The largest absolute Gasteiger partial charge is 0.489 e. The molecule has 2 N–H and O–H groups in total. The summed E-state index contributed by atoms with van der Waals surface area (Å²) >= 11 is 0. The summed E-state index contributed by atoms with van der Waals surface area (Å²) in [4.78, 5) is 21.1. The van der Waals surface area contributed by atoms with Crippen LogP contribution in [0, 0.1) is 11.3 Å². The highest BCUT2D eigenvalue weighted by Crippen LogP contribution is 2.33. The molecule has 2 saturated heterocycles. The van der Waals surface area contributed by atoms with E-state index >= 15 is 0 Å². The van der Waals surface area contributed by atoms with Gasteiger partial charge in [0.1, 0.15) is 29.8 Å². The Morgan fingerprint density at radius 1 is 1.13 bits per heavy atom. The fourth-order valence-electron chi connectivity index (χ4n) is 5.71. The average Bonchev–Trinajstić information content (AvgIpc) is 3.38. The smallest absolute Gasteiger partial charge is 0.410 e. The summed E-state index contributed by atoms with van der Waals surface area (Å²) in [5.74, 6) is 2.32. The number of aromatic nitrogens is 3. The highest BCUT2D eigenvalue weighted by Gasteiger charge is 2.39. The van der Waals surface area contributed by atoms with Gasteiger partial charge in [-0.05, 0) is 74.9 Å². The monoisotopic (exact) mass is 639 g/mol. The number of aliphatic hydroxyl groups is 1. The number of anilines is 1. The lowest BCUT2D eigenvalue weighted by atomic mass is 10.1. The molecular formula is C32H45N7O5S. The minimum Gasteiger partial charge on any atom is -0.489 e. The number of fused-ring (bicyclic) bond motifs is 1. The van der Waals surface area contributed by atoms with E-state index < -0.39 is 20.5 Å². The van der Waals surface area contributed by atoms with Crippen molar-refractivity contribution in [3.63, 3.8) is 0 Å². The molecule has 45 heavy (non-hydrogen) atoms. The zero-order valence-corrected chi connectivity index (χ0v) is 27.9. The van der Waals surface area contributed by atoms with Crippen LogP contribution in [0.15, 0.2) is 36.8 Å². The highest BCUT2D eigenvalue weighted by molar-refractivity contribution is 8.17. The van der Waals surface area contributed by atoms with Crippen molar-refractivity contribution in [3.05, 3.63) is 42.4 Å². The Morgan fingerprint density at radius 3 is 2.40 bits per heavy atom. The molecule has 0 saturated carbocycles. The first-order valence-corrected chi connectivity index (χ1v) is 18.1. The number of rotatable bonds is 7. The van der Waals surface area contributed by atoms with E-state index in [0.717, 1.165) is 29.8 Å². The van der Waals surface area contributed by atoms with Crippen molar-refractivity contribution in [2.45, 2.75) is 64.7 Å². The molecule has 0 spiro atoms. The van der Waals surface area contributed by atoms with Gasteiger partial charge in [0.15, 0.2) is 0 Å². The second kappa shape index (κ2) is 11.9. The standard InChI is InChI=1S/C32H45N7O5S/c1-31(2,3)44-30(40)38-11-9-25(10-12-38)36-45(6,42)15-13-37(14-16-45)28-8-7-23(19-34-28)27-17-26(43-22-32(4,5)41)21-39-29(27)24(18-33)20-35-39/h7-8,17,19-21,25,41H,9-16,22H2,1-6H3,(H,36,42). The zero-order valence-electron chi connectivity index (χ0n) is 27.1. The molecule has 13 heteroatoms. The molecule has 0 unspecified atom stereocenters. The Morgan fingerprint density at radius 2 is 1.82 bits per heavy atom. The van der Waals surface area contributed by atoms with Crippen molar-refractivity contribution < 1.29 is 23.6 Å². The van der Waals surface area contributed by atoms with Crippen LogP contribution < -0.4 is 14.4 Å². The van der Waals surface area contributed by atoms with Gasteiger partial charge in [0.2, 0.25) is 0 Å². The number of nitrogens with zero attached hydrogens (tertiary/aromatic N) is 6. The first kappa shape index (κ1) is 32.7. The molecule has 244 valence electrons. The van der Waals surface area contributed by atoms with Gasteiger partial charge in [-0.1, -0.05) is 0 Å². The number of amides is 1. The van der Waals surface area contributed by atoms with Crippen molar-refractivity contribution in [3.8, 4) is 22.9 Å². The predicted molar refractivity (Wildman–Crippen MR) is 175 cm³/mol. The minimum atomic E-state index is -3.09. The fourth-order valence-corrected chi connectivity index (χ4v) is 8.72. The van der Waals surface area contributed by atoms with E-state index in [-0.39, 0.29) is 18.7 Å². The molecule has 3 aromatic heterocycles. The van der Waals surface area contributed by atoms with Crippen LogP contribution in [0.4, 0.5) is 10.6 Å². The third-order valence-corrected chi connectivity index (χ3v) is 11.6. The quantitative estimate of drug-likeness (QED) is 0.396. The molecule has 0 aliphatic carbocycles. The second-order valence-electron chi connectivity index (χ2n) is 14.1. The Hall–Kier alpha value is -3.73.